The number of nitrogens with zero attached hydrogens (tertiary/aromatic N) is 6. The Morgan fingerprint density at radius 1 is 1.06 bits per heavy atom. The van der Waals surface area contributed by atoms with Gasteiger partial charge in [-0.05, 0) is 54.8 Å². The van der Waals surface area contributed by atoms with Crippen molar-refractivity contribution in [3.63, 3.8) is 0 Å². The zero-order chi connectivity index (χ0) is 22.2. The predicted octanol–water partition coefficient (Wildman–Crippen LogP) is 2.27. The van der Waals surface area contributed by atoms with Crippen molar-refractivity contribution in [1.82, 2.24) is 19.9 Å². The summed E-state index contributed by atoms with van der Waals surface area (Å²) < 4.78 is 7.24. The fraction of sp³-hybridized carbons (Fsp3) is 0.375. The van der Waals surface area contributed by atoms with Gasteiger partial charge in [-0.15, -0.1) is 5.10 Å². The molecule has 3 aromatic rings. The highest BCUT2D eigenvalue weighted by Gasteiger charge is 2.22. The molecule has 0 amide bonds. The summed E-state index contributed by atoms with van der Waals surface area (Å²) in [6.07, 6.45) is 4.24. The van der Waals surface area contributed by atoms with E-state index >= 15 is 0 Å². The van der Waals surface area contributed by atoms with E-state index in [9.17, 15) is 0 Å². The first-order valence-corrected chi connectivity index (χ1v) is 11.5. The molecule has 1 aromatic heterocycles. The number of morpholine rings is 1. The van der Waals surface area contributed by atoms with E-state index in [0.717, 1.165) is 80.6 Å². The Labute approximate surface area is 192 Å². The summed E-state index contributed by atoms with van der Waals surface area (Å²) in [7, 11) is 0. The largest absolute Gasteiger partial charge is 0.385 e. The van der Waals surface area contributed by atoms with Crippen LogP contribution in [0.5, 0.6) is 0 Å². The summed E-state index contributed by atoms with van der Waals surface area (Å²) >= 11 is 0. The van der Waals surface area contributed by atoms with Crippen molar-refractivity contribution in [3.05, 3.63) is 59.4 Å². The van der Waals surface area contributed by atoms with Crippen LogP contribution in [-0.2, 0) is 17.7 Å². The first-order chi connectivity index (χ1) is 16.2. The molecular weight excluding hydrogens is 416 g/mol. The minimum atomic E-state index is 0.511. The van der Waals surface area contributed by atoms with Crippen LogP contribution in [0.2, 0.25) is 0 Å². The van der Waals surface area contributed by atoms with Crippen molar-refractivity contribution < 1.29 is 4.74 Å². The number of amidine groups is 1. The summed E-state index contributed by atoms with van der Waals surface area (Å²) in [4.78, 5) is 9.15. The topological polar surface area (TPSA) is 96.8 Å². The molecule has 0 spiro atoms. The predicted molar refractivity (Wildman–Crippen MR) is 128 cm³/mol. The van der Waals surface area contributed by atoms with Gasteiger partial charge in [0, 0.05) is 43.1 Å². The van der Waals surface area contributed by atoms with Gasteiger partial charge in [-0.1, -0.05) is 5.21 Å². The van der Waals surface area contributed by atoms with E-state index in [0.29, 0.717) is 12.5 Å². The van der Waals surface area contributed by atoms with Gasteiger partial charge in [0.2, 0.25) is 0 Å². The third-order valence-electron chi connectivity index (χ3n) is 6.56. The molecule has 9 nitrogen and oxygen atoms in total. The molecule has 1 fully saturated rings. The minimum absolute atomic E-state index is 0.511. The van der Waals surface area contributed by atoms with Crippen LogP contribution in [0.25, 0.3) is 5.69 Å². The van der Waals surface area contributed by atoms with Gasteiger partial charge in [-0.25, -0.2) is 9.67 Å². The molecule has 0 unspecified atom stereocenters. The third kappa shape index (κ3) is 3.94. The van der Waals surface area contributed by atoms with Gasteiger partial charge in [0.05, 0.1) is 36.5 Å². The number of ether oxygens (including phenoxy) is 1. The van der Waals surface area contributed by atoms with Crippen LogP contribution in [0.4, 0.5) is 17.1 Å². The standard InChI is InChI=1S/C24H28N8O/c25-24-21-13-20(32-15-18(28-29-32)14-30-8-10-33-11-9-30)4-6-23(21)31(16-27-24)19-3-5-22-17(12-19)2-1-7-26-22/h3-6,12-13,15,26H,1-2,7-11,14,16H2,(H2,25,27). The summed E-state index contributed by atoms with van der Waals surface area (Å²) in [6, 6.07) is 12.8. The van der Waals surface area contributed by atoms with Gasteiger partial charge < -0.3 is 20.7 Å². The number of rotatable bonds is 4. The molecule has 0 radical (unpaired) electrons. The number of hydrogen-bond donors (Lipinski definition) is 2. The van der Waals surface area contributed by atoms with Crippen LogP contribution in [0.1, 0.15) is 23.2 Å². The first-order valence-electron chi connectivity index (χ1n) is 11.5. The molecule has 0 atom stereocenters. The molecule has 170 valence electrons. The summed E-state index contributed by atoms with van der Waals surface area (Å²) in [6.45, 7) is 5.72. The Balaban J connectivity index is 1.27. The Morgan fingerprint density at radius 3 is 2.85 bits per heavy atom. The molecule has 1 saturated heterocycles. The highest BCUT2D eigenvalue weighted by atomic mass is 16.5. The number of anilines is 3. The van der Waals surface area contributed by atoms with E-state index in [-0.39, 0.29) is 0 Å². The fourth-order valence-corrected chi connectivity index (χ4v) is 4.75. The highest BCUT2D eigenvalue weighted by molar-refractivity contribution is 6.05. The van der Waals surface area contributed by atoms with Crippen molar-refractivity contribution in [2.24, 2.45) is 10.7 Å². The lowest BCUT2D eigenvalue weighted by Gasteiger charge is -2.30. The van der Waals surface area contributed by atoms with Crippen LogP contribution < -0.4 is 16.0 Å². The maximum Gasteiger partial charge on any atom is 0.129 e. The quantitative estimate of drug-likeness (QED) is 0.637. The average molecular weight is 445 g/mol. The van der Waals surface area contributed by atoms with Crippen LogP contribution in [-0.4, -0.2) is 65.2 Å². The Morgan fingerprint density at radius 2 is 1.94 bits per heavy atom. The van der Waals surface area contributed by atoms with Gasteiger partial charge >= 0.3 is 0 Å². The van der Waals surface area contributed by atoms with E-state index in [4.69, 9.17) is 10.5 Å². The fourth-order valence-electron chi connectivity index (χ4n) is 4.75. The number of fused-ring (bicyclic) bond motifs is 2. The number of aliphatic imine (C=N–C) groups is 1. The molecule has 9 heteroatoms. The van der Waals surface area contributed by atoms with Crippen LogP contribution in [0.3, 0.4) is 0 Å². The van der Waals surface area contributed by atoms with Crippen LogP contribution >= 0.6 is 0 Å². The molecular formula is C24H28N8O. The lowest BCUT2D eigenvalue weighted by atomic mass is 10.0. The van der Waals surface area contributed by atoms with Crippen molar-refractivity contribution in [2.45, 2.75) is 19.4 Å². The summed E-state index contributed by atoms with van der Waals surface area (Å²) in [5.74, 6) is 0.552. The average Bonchev–Trinajstić information content (AvgIpc) is 3.33. The van der Waals surface area contributed by atoms with Crippen LogP contribution in [0.15, 0.2) is 47.6 Å². The van der Waals surface area contributed by atoms with E-state index in [1.807, 2.05) is 16.9 Å². The number of benzene rings is 2. The molecule has 0 saturated carbocycles. The van der Waals surface area contributed by atoms with Crippen molar-refractivity contribution >= 4 is 22.9 Å². The zero-order valence-electron chi connectivity index (χ0n) is 18.6. The van der Waals surface area contributed by atoms with Gasteiger partial charge in [-0.3, -0.25) is 4.90 Å². The molecule has 4 heterocycles. The lowest BCUT2D eigenvalue weighted by Crippen LogP contribution is -2.35. The smallest absolute Gasteiger partial charge is 0.129 e. The Bertz CT molecular complexity index is 1200. The molecule has 3 N–H and O–H groups in total. The molecule has 3 aliphatic rings. The number of aryl methyl sites for hydroxylation is 1. The Hall–Kier alpha value is -3.43. The number of nitrogens with two attached hydrogens (primary N) is 1. The SMILES string of the molecule is NC1=NCN(c2ccc3c(c2)CCCN3)c2ccc(-n3cc(CN4CCOCC4)nn3)cc21. The van der Waals surface area contributed by atoms with Crippen molar-refractivity contribution in [3.8, 4) is 5.69 Å². The summed E-state index contributed by atoms with van der Waals surface area (Å²) in [5, 5.41) is 12.2. The van der Waals surface area contributed by atoms with E-state index < -0.39 is 0 Å². The zero-order valence-corrected chi connectivity index (χ0v) is 18.6. The normalized spacial score (nSPS) is 18.3. The molecule has 33 heavy (non-hydrogen) atoms. The second-order valence-electron chi connectivity index (χ2n) is 8.73. The molecule has 3 aliphatic heterocycles. The third-order valence-corrected chi connectivity index (χ3v) is 6.56. The maximum atomic E-state index is 6.32. The van der Waals surface area contributed by atoms with E-state index in [1.54, 1.807) is 0 Å². The minimum Gasteiger partial charge on any atom is -0.385 e. The number of hydrogen-bond acceptors (Lipinski definition) is 8. The molecule has 0 aliphatic carbocycles. The van der Waals surface area contributed by atoms with Gasteiger partial charge in [0.15, 0.2) is 0 Å². The first kappa shape index (κ1) is 20.2. The van der Waals surface area contributed by atoms with Gasteiger partial charge in [0.1, 0.15) is 12.5 Å². The van der Waals surface area contributed by atoms with Crippen molar-refractivity contribution in [1.29, 1.82) is 0 Å². The van der Waals surface area contributed by atoms with Crippen molar-refractivity contribution in [2.75, 3.05) is 49.7 Å². The van der Waals surface area contributed by atoms with E-state index in [1.165, 1.54) is 11.3 Å². The Kier molecular flexibility index (Phi) is 5.20. The summed E-state index contributed by atoms with van der Waals surface area (Å²) in [5.41, 5.74) is 13.9. The molecule has 2 aromatic carbocycles. The molecule has 0 bridgehead atoms. The lowest BCUT2D eigenvalue weighted by molar-refractivity contribution is 0.0336. The second kappa shape index (κ2) is 8.49. The molecule has 6 rings (SSSR count). The second-order valence-corrected chi connectivity index (χ2v) is 8.73. The monoisotopic (exact) mass is 444 g/mol. The maximum absolute atomic E-state index is 6.32. The van der Waals surface area contributed by atoms with Gasteiger partial charge in [0.25, 0.3) is 0 Å². The van der Waals surface area contributed by atoms with E-state index in [2.05, 4.69) is 60.8 Å². The highest BCUT2D eigenvalue weighted by Crippen LogP contribution is 2.35. The number of aromatic nitrogens is 3. The number of nitrogens with one attached hydrogen (secondary N) is 1. The van der Waals surface area contributed by atoms with Gasteiger partial charge in [-0.2, -0.15) is 0 Å². The van der Waals surface area contributed by atoms with Crippen LogP contribution in [0, 0.1) is 0 Å².